The van der Waals surface area contributed by atoms with Gasteiger partial charge >= 0.3 is 17.9 Å². The SMILES string of the molecule is COC(=O)CC[C@@H](C)[C@H]1CC[C@H]2[C@@H]3OC(=O)C[C@@H]4CC(=O)OCC[C@]4(C)[C@H]3CC[C@]12C. The summed E-state index contributed by atoms with van der Waals surface area (Å²) in [4.78, 5) is 36.6. The lowest BCUT2D eigenvalue weighted by Gasteiger charge is -2.53. The maximum Gasteiger partial charge on any atom is 0.306 e. The maximum atomic E-state index is 12.8. The molecule has 2 saturated heterocycles. The van der Waals surface area contributed by atoms with Gasteiger partial charge in [-0.3, -0.25) is 14.4 Å². The molecule has 4 aliphatic rings. The zero-order valence-electron chi connectivity index (χ0n) is 19.5. The molecule has 6 nitrogen and oxygen atoms in total. The Morgan fingerprint density at radius 2 is 1.77 bits per heavy atom. The summed E-state index contributed by atoms with van der Waals surface area (Å²) in [5, 5.41) is 0. The number of methoxy groups -OCH3 is 1. The fourth-order valence-electron chi connectivity index (χ4n) is 7.84. The van der Waals surface area contributed by atoms with Crippen LogP contribution >= 0.6 is 0 Å². The fourth-order valence-corrected chi connectivity index (χ4v) is 7.84. The van der Waals surface area contributed by atoms with E-state index in [0.717, 1.165) is 38.5 Å². The molecular formula is C25H38O6. The van der Waals surface area contributed by atoms with Gasteiger partial charge in [0.1, 0.15) is 6.10 Å². The van der Waals surface area contributed by atoms with E-state index in [4.69, 9.17) is 14.2 Å². The third kappa shape index (κ3) is 3.89. The highest BCUT2D eigenvalue weighted by Crippen LogP contribution is 2.64. The van der Waals surface area contributed by atoms with E-state index in [1.54, 1.807) is 0 Å². The number of ether oxygens (including phenoxy) is 3. The topological polar surface area (TPSA) is 78.9 Å². The smallest absolute Gasteiger partial charge is 0.306 e. The summed E-state index contributed by atoms with van der Waals surface area (Å²) in [6.07, 6.45) is 6.99. The second-order valence-electron chi connectivity index (χ2n) is 11.1. The Hall–Kier alpha value is -1.59. The summed E-state index contributed by atoms with van der Waals surface area (Å²) >= 11 is 0. The average molecular weight is 435 g/mol. The van der Waals surface area contributed by atoms with Crippen LogP contribution in [0.1, 0.15) is 78.6 Å². The van der Waals surface area contributed by atoms with Crippen molar-refractivity contribution in [1.29, 1.82) is 0 Å². The number of carbonyl (C=O) groups is 3. The van der Waals surface area contributed by atoms with Crippen molar-refractivity contribution in [3.8, 4) is 0 Å². The molecule has 2 aliphatic heterocycles. The van der Waals surface area contributed by atoms with Gasteiger partial charge in [0.25, 0.3) is 0 Å². The first-order valence-corrected chi connectivity index (χ1v) is 12.1. The van der Waals surface area contributed by atoms with Crippen LogP contribution in [-0.2, 0) is 28.6 Å². The van der Waals surface area contributed by atoms with Crippen molar-refractivity contribution in [2.45, 2.75) is 84.7 Å². The Balaban J connectivity index is 1.57. The minimum absolute atomic E-state index is 0.00513. The highest BCUT2D eigenvalue weighted by Gasteiger charge is 2.61. The molecule has 0 amide bonds. The van der Waals surface area contributed by atoms with Gasteiger partial charge in [-0.05, 0) is 67.1 Å². The number of esters is 3. The van der Waals surface area contributed by atoms with Crippen molar-refractivity contribution >= 4 is 17.9 Å². The Morgan fingerprint density at radius 1 is 1.06 bits per heavy atom. The van der Waals surface area contributed by atoms with Crippen molar-refractivity contribution in [2.24, 2.45) is 40.4 Å². The molecule has 0 aromatic carbocycles. The van der Waals surface area contributed by atoms with Crippen LogP contribution < -0.4 is 0 Å². The molecule has 174 valence electrons. The van der Waals surface area contributed by atoms with Crippen molar-refractivity contribution in [1.82, 2.24) is 0 Å². The Morgan fingerprint density at radius 3 is 2.52 bits per heavy atom. The second kappa shape index (κ2) is 8.40. The van der Waals surface area contributed by atoms with E-state index in [1.165, 1.54) is 7.11 Å². The zero-order valence-corrected chi connectivity index (χ0v) is 19.5. The molecule has 8 atom stereocenters. The summed E-state index contributed by atoms with van der Waals surface area (Å²) < 4.78 is 16.4. The molecule has 0 aromatic rings. The number of rotatable bonds is 4. The first kappa shape index (κ1) is 22.6. The van der Waals surface area contributed by atoms with Crippen LogP contribution in [0.15, 0.2) is 0 Å². The Kier molecular flexibility index (Phi) is 6.12. The molecule has 4 rings (SSSR count). The van der Waals surface area contributed by atoms with Crippen LogP contribution in [-0.4, -0.2) is 37.7 Å². The normalized spacial score (nSPS) is 43.3. The summed E-state index contributed by atoms with van der Waals surface area (Å²) in [6.45, 7) is 7.36. The van der Waals surface area contributed by atoms with Gasteiger partial charge in [0.15, 0.2) is 0 Å². The van der Waals surface area contributed by atoms with Crippen molar-refractivity contribution in [3.63, 3.8) is 0 Å². The predicted molar refractivity (Wildman–Crippen MR) is 114 cm³/mol. The van der Waals surface area contributed by atoms with Gasteiger partial charge in [0.2, 0.25) is 0 Å². The summed E-state index contributed by atoms with van der Waals surface area (Å²) in [5.41, 5.74) is 0.00311. The zero-order chi connectivity index (χ0) is 22.4. The Labute approximate surface area is 185 Å². The molecule has 31 heavy (non-hydrogen) atoms. The lowest BCUT2D eigenvalue weighted by molar-refractivity contribution is -0.165. The second-order valence-corrected chi connectivity index (χ2v) is 11.1. The van der Waals surface area contributed by atoms with Crippen molar-refractivity contribution < 1.29 is 28.6 Å². The first-order chi connectivity index (χ1) is 14.7. The fraction of sp³-hybridized carbons (Fsp3) is 0.880. The van der Waals surface area contributed by atoms with Crippen LogP contribution in [0.4, 0.5) is 0 Å². The van der Waals surface area contributed by atoms with Crippen LogP contribution in [0.25, 0.3) is 0 Å². The molecule has 4 fully saturated rings. The third-order valence-electron chi connectivity index (χ3n) is 9.77. The molecule has 0 aromatic heterocycles. The van der Waals surface area contributed by atoms with Gasteiger partial charge < -0.3 is 14.2 Å². The van der Waals surface area contributed by atoms with Gasteiger partial charge in [-0.2, -0.15) is 0 Å². The van der Waals surface area contributed by atoms with Gasteiger partial charge in [0, 0.05) is 31.1 Å². The molecule has 2 saturated carbocycles. The molecule has 0 spiro atoms. The minimum Gasteiger partial charge on any atom is -0.469 e. The number of cyclic esters (lactones) is 1. The molecule has 2 aliphatic carbocycles. The van der Waals surface area contributed by atoms with Crippen molar-refractivity contribution in [3.05, 3.63) is 0 Å². The van der Waals surface area contributed by atoms with Crippen LogP contribution in [0, 0.1) is 40.4 Å². The lowest BCUT2D eigenvalue weighted by atomic mass is 9.52. The molecule has 6 heteroatoms. The first-order valence-electron chi connectivity index (χ1n) is 12.1. The standard InChI is InChI=1S/C25H38O6/c1-15(5-8-20(26)29-4)17-6-7-18-23-19(9-10-25(17,18)3)24(2)11-12-30-21(27)13-16(24)14-22(28)31-23/h15-19,23H,5-14H2,1-4H3/t15-,16+,17-,18+,19+,23+,24+,25-/m1/s1. The summed E-state index contributed by atoms with van der Waals surface area (Å²) in [7, 11) is 1.45. The Bertz CT molecular complexity index is 734. The molecule has 0 N–H and O–H groups in total. The van der Waals surface area contributed by atoms with Crippen LogP contribution in [0.5, 0.6) is 0 Å². The lowest BCUT2D eigenvalue weighted by Crippen LogP contribution is -2.52. The van der Waals surface area contributed by atoms with E-state index in [-0.39, 0.29) is 46.7 Å². The van der Waals surface area contributed by atoms with E-state index >= 15 is 0 Å². The highest BCUT2D eigenvalue weighted by atomic mass is 16.5. The molecule has 2 heterocycles. The van der Waals surface area contributed by atoms with Crippen LogP contribution in [0.2, 0.25) is 0 Å². The molecule has 0 bridgehead atoms. The van der Waals surface area contributed by atoms with E-state index in [1.807, 2.05) is 0 Å². The molecule has 0 radical (unpaired) electrons. The van der Waals surface area contributed by atoms with E-state index in [0.29, 0.717) is 43.6 Å². The number of hydrogen-bond acceptors (Lipinski definition) is 6. The van der Waals surface area contributed by atoms with Gasteiger partial charge in [-0.1, -0.05) is 20.8 Å². The minimum atomic E-state index is -0.180. The molecular weight excluding hydrogens is 396 g/mol. The third-order valence-corrected chi connectivity index (χ3v) is 9.77. The molecule has 0 unspecified atom stereocenters. The largest absolute Gasteiger partial charge is 0.469 e. The van der Waals surface area contributed by atoms with Crippen LogP contribution in [0.3, 0.4) is 0 Å². The highest BCUT2D eigenvalue weighted by molar-refractivity contribution is 5.74. The van der Waals surface area contributed by atoms with Gasteiger partial charge in [-0.15, -0.1) is 0 Å². The summed E-state index contributed by atoms with van der Waals surface area (Å²) in [5.74, 6) is 1.11. The van der Waals surface area contributed by atoms with E-state index < -0.39 is 0 Å². The maximum absolute atomic E-state index is 12.8. The number of fused-ring (bicyclic) bond motifs is 5. The van der Waals surface area contributed by atoms with Gasteiger partial charge in [0.05, 0.1) is 13.7 Å². The average Bonchev–Trinajstić information content (AvgIpc) is 2.95. The van der Waals surface area contributed by atoms with Crippen molar-refractivity contribution in [2.75, 3.05) is 13.7 Å². The monoisotopic (exact) mass is 434 g/mol. The number of carbonyl (C=O) groups excluding carboxylic acids is 3. The predicted octanol–water partition coefficient (Wildman–Crippen LogP) is 4.29. The van der Waals surface area contributed by atoms with E-state index in [9.17, 15) is 14.4 Å². The quantitative estimate of drug-likeness (QED) is 0.485. The van der Waals surface area contributed by atoms with Gasteiger partial charge in [-0.25, -0.2) is 0 Å². The number of hydrogen-bond donors (Lipinski definition) is 0. The summed E-state index contributed by atoms with van der Waals surface area (Å²) in [6, 6.07) is 0. The van der Waals surface area contributed by atoms with E-state index in [2.05, 4.69) is 20.8 Å².